The van der Waals surface area contributed by atoms with Crippen LogP contribution in [0.2, 0.25) is 0 Å². The van der Waals surface area contributed by atoms with E-state index in [9.17, 15) is 8.78 Å². The minimum atomic E-state index is -0.790. The Balaban J connectivity index is 1.35. The zero-order valence-electron chi connectivity index (χ0n) is 17.7. The van der Waals surface area contributed by atoms with Crippen molar-refractivity contribution < 1.29 is 8.78 Å². The first-order valence-corrected chi connectivity index (χ1v) is 11.7. The lowest BCUT2D eigenvalue weighted by Gasteiger charge is -2.42. The number of fused-ring (bicyclic) bond motifs is 1. The second-order valence-corrected chi connectivity index (χ2v) is 9.46. The first kappa shape index (κ1) is 20.6. The smallest absolute Gasteiger partial charge is 0.159 e. The molecule has 0 spiro atoms. The lowest BCUT2D eigenvalue weighted by Crippen LogP contribution is -2.30. The van der Waals surface area contributed by atoms with Crippen LogP contribution in [0, 0.1) is 29.4 Å². The first-order chi connectivity index (χ1) is 14.1. The predicted octanol–water partition coefficient (Wildman–Crippen LogP) is 8.51. The van der Waals surface area contributed by atoms with E-state index < -0.39 is 11.6 Å². The van der Waals surface area contributed by atoms with Gasteiger partial charge < -0.3 is 0 Å². The van der Waals surface area contributed by atoms with Crippen LogP contribution in [0.25, 0.3) is 11.1 Å². The number of halogens is 2. The number of hydrogen-bond acceptors (Lipinski definition) is 0. The van der Waals surface area contributed by atoms with Crippen molar-refractivity contribution in [3.63, 3.8) is 0 Å². The second-order valence-electron chi connectivity index (χ2n) is 9.46. The van der Waals surface area contributed by atoms with Gasteiger partial charge in [-0.15, -0.1) is 0 Å². The van der Waals surface area contributed by atoms with Gasteiger partial charge in [-0.25, -0.2) is 8.78 Å². The topological polar surface area (TPSA) is 0 Å². The Kier molecular flexibility index (Phi) is 6.67. The number of unbranched alkanes of at least 4 members (excludes halogenated alkanes) is 2. The minimum Gasteiger partial charge on any atom is -0.204 e. The molecule has 0 bridgehead atoms. The summed E-state index contributed by atoms with van der Waals surface area (Å²) < 4.78 is 26.7. The lowest BCUT2D eigenvalue weighted by molar-refractivity contribution is 0.113. The molecule has 2 fully saturated rings. The Bertz CT molecular complexity index is 795. The SMILES string of the molecule is CCCCCC1CC[C@@H]2C[C@H](c3ccc(-c4ccc(F)c(F)c4)cc3)CC[C@@H]2C1. The van der Waals surface area contributed by atoms with Crippen LogP contribution < -0.4 is 0 Å². The number of benzene rings is 2. The van der Waals surface area contributed by atoms with Crippen molar-refractivity contribution in [2.75, 3.05) is 0 Å². The van der Waals surface area contributed by atoms with Gasteiger partial charge >= 0.3 is 0 Å². The van der Waals surface area contributed by atoms with Gasteiger partial charge in [-0.3, -0.25) is 0 Å². The van der Waals surface area contributed by atoms with Crippen molar-refractivity contribution in [3.8, 4) is 11.1 Å². The summed E-state index contributed by atoms with van der Waals surface area (Å²) in [6.45, 7) is 2.29. The van der Waals surface area contributed by atoms with Gasteiger partial charge in [0.15, 0.2) is 11.6 Å². The standard InChI is InChI=1S/C27H34F2/c1-2-3-4-5-19-6-7-24-17-23(13-12-22(24)16-19)20-8-10-21(11-9-20)25-14-15-26(28)27(29)18-25/h8-11,14-15,18-19,22-24H,2-7,12-13,16-17H2,1H3/t19?,22-,23-,24-/m1/s1. The highest BCUT2D eigenvalue weighted by Crippen LogP contribution is 2.48. The van der Waals surface area contributed by atoms with E-state index in [1.165, 1.54) is 81.9 Å². The zero-order chi connectivity index (χ0) is 20.2. The van der Waals surface area contributed by atoms with Gasteiger partial charge in [-0.05, 0) is 84.6 Å². The van der Waals surface area contributed by atoms with Crippen molar-refractivity contribution >= 4 is 0 Å². The van der Waals surface area contributed by atoms with Gasteiger partial charge in [0.25, 0.3) is 0 Å². The molecule has 4 rings (SSSR count). The van der Waals surface area contributed by atoms with E-state index >= 15 is 0 Å². The summed E-state index contributed by atoms with van der Waals surface area (Å²) in [5, 5.41) is 0. The molecule has 1 unspecified atom stereocenters. The summed E-state index contributed by atoms with van der Waals surface area (Å²) in [5.41, 5.74) is 3.11. The highest BCUT2D eigenvalue weighted by molar-refractivity contribution is 5.63. The molecule has 0 heterocycles. The van der Waals surface area contributed by atoms with Gasteiger partial charge in [-0.2, -0.15) is 0 Å². The molecule has 156 valence electrons. The molecular weight excluding hydrogens is 362 g/mol. The maximum atomic E-state index is 13.5. The van der Waals surface area contributed by atoms with E-state index in [-0.39, 0.29) is 0 Å². The van der Waals surface area contributed by atoms with Gasteiger partial charge in [0.05, 0.1) is 0 Å². The number of rotatable bonds is 6. The zero-order valence-corrected chi connectivity index (χ0v) is 17.7. The summed E-state index contributed by atoms with van der Waals surface area (Å²) in [6.07, 6.45) is 13.9. The molecule has 4 atom stereocenters. The Labute approximate surface area is 174 Å². The van der Waals surface area contributed by atoms with E-state index in [1.54, 1.807) is 6.07 Å². The summed E-state index contributed by atoms with van der Waals surface area (Å²) in [7, 11) is 0. The fourth-order valence-corrected chi connectivity index (χ4v) is 5.86. The molecule has 2 aliphatic carbocycles. The van der Waals surface area contributed by atoms with Crippen molar-refractivity contribution in [2.24, 2.45) is 17.8 Å². The normalized spacial score (nSPS) is 26.9. The Morgan fingerprint density at radius 2 is 1.48 bits per heavy atom. The molecule has 0 radical (unpaired) electrons. The van der Waals surface area contributed by atoms with Crippen LogP contribution in [0.5, 0.6) is 0 Å². The van der Waals surface area contributed by atoms with Crippen molar-refractivity contribution in [2.45, 2.75) is 77.0 Å². The maximum Gasteiger partial charge on any atom is 0.159 e. The van der Waals surface area contributed by atoms with Gasteiger partial charge in [0.2, 0.25) is 0 Å². The molecule has 2 aromatic rings. The van der Waals surface area contributed by atoms with Crippen LogP contribution in [0.4, 0.5) is 8.78 Å². The average molecular weight is 397 g/mol. The number of hydrogen-bond donors (Lipinski definition) is 0. The van der Waals surface area contributed by atoms with Crippen molar-refractivity contribution in [1.29, 1.82) is 0 Å². The molecule has 0 amide bonds. The van der Waals surface area contributed by atoms with Crippen molar-refractivity contribution in [1.82, 2.24) is 0 Å². The highest BCUT2D eigenvalue weighted by Gasteiger charge is 2.35. The van der Waals surface area contributed by atoms with Crippen LogP contribution >= 0.6 is 0 Å². The fourth-order valence-electron chi connectivity index (χ4n) is 5.86. The summed E-state index contributed by atoms with van der Waals surface area (Å²) in [6, 6.07) is 12.7. The summed E-state index contributed by atoms with van der Waals surface area (Å²) in [5.74, 6) is 1.93. The highest BCUT2D eigenvalue weighted by atomic mass is 19.2. The Hall–Kier alpha value is -1.70. The van der Waals surface area contributed by atoms with E-state index in [0.717, 1.165) is 28.9 Å². The summed E-state index contributed by atoms with van der Waals surface area (Å²) in [4.78, 5) is 0. The molecule has 0 saturated heterocycles. The van der Waals surface area contributed by atoms with Gasteiger partial charge in [0.1, 0.15) is 0 Å². The molecular formula is C27H34F2. The quantitative estimate of drug-likeness (QED) is 0.429. The molecule has 0 N–H and O–H groups in total. The Morgan fingerprint density at radius 3 is 2.24 bits per heavy atom. The fraction of sp³-hybridized carbons (Fsp3) is 0.556. The molecule has 29 heavy (non-hydrogen) atoms. The van der Waals surface area contributed by atoms with E-state index in [2.05, 4.69) is 31.2 Å². The third-order valence-electron chi connectivity index (χ3n) is 7.57. The predicted molar refractivity (Wildman–Crippen MR) is 117 cm³/mol. The van der Waals surface area contributed by atoms with Crippen LogP contribution in [0.3, 0.4) is 0 Å². The van der Waals surface area contributed by atoms with E-state index in [1.807, 2.05) is 0 Å². The lowest BCUT2D eigenvalue weighted by atomic mass is 9.63. The molecule has 0 aromatic heterocycles. The molecule has 2 aromatic carbocycles. The third kappa shape index (κ3) is 4.90. The molecule has 2 saturated carbocycles. The largest absolute Gasteiger partial charge is 0.204 e. The molecule has 2 heteroatoms. The maximum absolute atomic E-state index is 13.5. The third-order valence-corrected chi connectivity index (χ3v) is 7.57. The monoisotopic (exact) mass is 396 g/mol. The first-order valence-electron chi connectivity index (χ1n) is 11.7. The minimum absolute atomic E-state index is 0.659. The summed E-state index contributed by atoms with van der Waals surface area (Å²) >= 11 is 0. The van der Waals surface area contributed by atoms with Crippen LogP contribution in [0.1, 0.15) is 82.6 Å². The Morgan fingerprint density at radius 1 is 0.759 bits per heavy atom. The average Bonchev–Trinajstić information content (AvgIpc) is 2.75. The van der Waals surface area contributed by atoms with Crippen molar-refractivity contribution in [3.05, 3.63) is 59.7 Å². The second kappa shape index (κ2) is 9.41. The van der Waals surface area contributed by atoms with E-state index in [0.29, 0.717) is 5.92 Å². The van der Waals surface area contributed by atoms with Crippen LogP contribution in [0.15, 0.2) is 42.5 Å². The van der Waals surface area contributed by atoms with Gasteiger partial charge in [0, 0.05) is 0 Å². The molecule has 2 aliphatic rings. The van der Waals surface area contributed by atoms with Crippen LogP contribution in [-0.4, -0.2) is 0 Å². The van der Waals surface area contributed by atoms with Crippen LogP contribution in [-0.2, 0) is 0 Å². The van der Waals surface area contributed by atoms with Gasteiger partial charge in [-0.1, -0.05) is 69.4 Å². The molecule has 0 nitrogen and oxygen atoms in total. The van der Waals surface area contributed by atoms with E-state index in [4.69, 9.17) is 0 Å². The molecule has 0 aliphatic heterocycles.